The Balaban J connectivity index is 1.98. The highest BCUT2D eigenvalue weighted by molar-refractivity contribution is 5.95. The van der Waals surface area contributed by atoms with Crippen molar-refractivity contribution in [3.05, 3.63) is 0 Å². The van der Waals surface area contributed by atoms with E-state index in [-0.39, 0.29) is 25.0 Å². The predicted octanol–water partition coefficient (Wildman–Crippen LogP) is -0.333. The number of carbonyl (C=O) groups excluding carboxylic acids is 1. The zero-order chi connectivity index (χ0) is 10.8. The number of aliphatic hydroxyl groups excluding tert-OH is 1. The van der Waals surface area contributed by atoms with Gasteiger partial charge in [0.2, 0.25) is 0 Å². The first-order valence-corrected chi connectivity index (χ1v) is 5.10. The monoisotopic (exact) mass is 213 g/mol. The van der Waals surface area contributed by atoms with Crippen molar-refractivity contribution in [1.82, 2.24) is 4.90 Å². The van der Waals surface area contributed by atoms with Crippen LogP contribution in [0, 0.1) is 0 Å². The number of rotatable bonds is 2. The standard InChI is InChI=1S/C9H15N3O3/c10-7-3-4-12(9(14)11-7)8-2-1-6(5-13)15-8/h6,8,13H,1-5H2,(H2,10,11,14)/t6-,8?/m0/s1. The number of hydrogen-bond acceptors (Lipinski definition) is 4. The quantitative estimate of drug-likeness (QED) is 0.657. The fourth-order valence-corrected chi connectivity index (χ4v) is 1.89. The molecule has 0 spiro atoms. The average Bonchev–Trinajstić information content (AvgIpc) is 2.66. The fourth-order valence-electron chi connectivity index (χ4n) is 1.89. The summed E-state index contributed by atoms with van der Waals surface area (Å²) in [5.41, 5.74) is 5.46. The van der Waals surface area contributed by atoms with Crippen LogP contribution in [0.25, 0.3) is 0 Å². The van der Waals surface area contributed by atoms with Gasteiger partial charge in [0.1, 0.15) is 12.1 Å². The molecule has 0 radical (unpaired) electrons. The first kappa shape index (κ1) is 10.4. The number of urea groups is 1. The van der Waals surface area contributed by atoms with E-state index in [1.807, 2.05) is 0 Å². The molecule has 2 aliphatic heterocycles. The minimum Gasteiger partial charge on any atom is -0.394 e. The van der Waals surface area contributed by atoms with Crippen molar-refractivity contribution in [2.24, 2.45) is 10.7 Å². The van der Waals surface area contributed by atoms with Gasteiger partial charge >= 0.3 is 6.03 Å². The van der Waals surface area contributed by atoms with Gasteiger partial charge in [-0.05, 0) is 12.8 Å². The molecule has 0 aromatic heterocycles. The van der Waals surface area contributed by atoms with Gasteiger partial charge in [-0.3, -0.25) is 4.90 Å². The summed E-state index contributed by atoms with van der Waals surface area (Å²) in [4.78, 5) is 16.8. The van der Waals surface area contributed by atoms with Crippen LogP contribution in [-0.4, -0.2) is 47.4 Å². The number of hydrogen-bond donors (Lipinski definition) is 2. The molecular formula is C9H15N3O3. The van der Waals surface area contributed by atoms with E-state index in [4.69, 9.17) is 15.6 Å². The molecule has 2 aliphatic rings. The summed E-state index contributed by atoms with van der Waals surface area (Å²) < 4.78 is 5.50. The summed E-state index contributed by atoms with van der Waals surface area (Å²) in [6, 6.07) is -0.331. The smallest absolute Gasteiger partial charge is 0.347 e. The average molecular weight is 213 g/mol. The number of aliphatic imine (C=N–C) groups is 1. The largest absolute Gasteiger partial charge is 0.394 e. The van der Waals surface area contributed by atoms with Crippen molar-refractivity contribution in [3.63, 3.8) is 0 Å². The number of nitrogens with two attached hydrogens (primary N) is 1. The van der Waals surface area contributed by atoms with Crippen LogP contribution in [0.3, 0.4) is 0 Å². The van der Waals surface area contributed by atoms with Crippen molar-refractivity contribution >= 4 is 11.9 Å². The van der Waals surface area contributed by atoms with Crippen LogP contribution in [0.5, 0.6) is 0 Å². The van der Waals surface area contributed by atoms with Gasteiger partial charge in [0.05, 0.1) is 12.7 Å². The molecule has 6 heteroatoms. The van der Waals surface area contributed by atoms with E-state index in [0.717, 1.165) is 12.8 Å². The molecule has 0 bridgehead atoms. The number of nitrogens with zero attached hydrogens (tertiary/aromatic N) is 2. The Bertz CT molecular complexity index is 292. The Labute approximate surface area is 87.7 Å². The lowest BCUT2D eigenvalue weighted by molar-refractivity contribution is -0.0491. The molecule has 1 saturated heterocycles. The highest BCUT2D eigenvalue weighted by Crippen LogP contribution is 2.24. The maximum atomic E-state index is 11.5. The summed E-state index contributed by atoms with van der Waals surface area (Å²) in [7, 11) is 0. The summed E-state index contributed by atoms with van der Waals surface area (Å²) in [5, 5.41) is 8.91. The molecule has 1 fully saturated rings. The molecule has 6 nitrogen and oxygen atoms in total. The molecule has 15 heavy (non-hydrogen) atoms. The Morgan fingerprint density at radius 3 is 3.00 bits per heavy atom. The maximum Gasteiger partial charge on any atom is 0.347 e. The molecule has 2 rings (SSSR count). The summed E-state index contributed by atoms with van der Waals surface area (Å²) >= 11 is 0. The minimum absolute atomic E-state index is 0.00391. The number of aliphatic hydroxyl groups is 1. The van der Waals surface area contributed by atoms with Crippen LogP contribution in [0.15, 0.2) is 4.99 Å². The normalized spacial score (nSPS) is 31.9. The van der Waals surface area contributed by atoms with E-state index in [1.165, 1.54) is 0 Å². The molecule has 2 atom stereocenters. The van der Waals surface area contributed by atoms with Gasteiger partial charge in [0, 0.05) is 13.0 Å². The van der Waals surface area contributed by atoms with E-state index in [0.29, 0.717) is 18.8 Å². The van der Waals surface area contributed by atoms with Crippen molar-refractivity contribution in [2.45, 2.75) is 31.6 Å². The molecule has 2 amide bonds. The van der Waals surface area contributed by atoms with E-state index in [2.05, 4.69) is 4.99 Å². The van der Waals surface area contributed by atoms with Crippen molar-refractivity contribution in [3.8, 4) is 0 Å². The third-order valence-electron chi connectivity index (χ3n) is 2.73. The molecule has 0 aromatic rings. The molecule has 84 valence electrons. The van der Waals surface area contributed by atoms with Crippen LogP contribution in [-0.2, 0) is 4.74 Å². The molecule has 1 unspecified atom stereocenters. The molecular weight excluding hydrogens is 198 g/mol. The highest BCUT2D eigenvalue weighted by Gasteiger charge is 2.33. The number of amides is 2. The van der Waals surface area contributed by atoms with Crippen molar-refractivity contribution < 1.29 is 14.6 Å². The van der Waals surface area contributed by atoms with Crippen molar-refractivity contribution in [2.75, 3.05) is 13.2 Å². The van der Waals surface area contributed by atoms with E-state index in [1.54, 1.807) is 4.90 Å². The number of ether oxygens (including phenoxy) is 1. The second-order valence-electron chi connectivity index (χ2n) is 3.80. The topological polar surface area (TPSA) is 88.2 Å². The Morgan fingerprint density at radius 2 is 2.40 bits per heavy atom. The minimum atomic E-state index is -0.331. The summed E-state index contributed by atoms with van der Waals surface area (Å²) in [5.74, 6) is 0.382. The van der Waals surface area contributed by atoms with Crippen LogP contribution >= 0.6 is 0 Å². The van der Waals surface area contributed by atoms with Crippen LogP contribution in [0.2, 0.25) is 0 Å². The molecule has 2 heterocycles. The van der Waals surface area contributed by atoms with Gasteiger partial charge in [-0.2, -0.15) is 4.99 Å². The van der Waals surface area contributed by atoms with Crippen LogP contribution in [0.1, 0.15) is 19.3 Å². The lowest BCUT2D eigenvalue weighted by atomic mass is 10.2. The van der Waals surface area contributed by atoms with Gasteiger partial charge in [-0.15, -0.1) is 0 Å². The summed E-state index contributed by atoms with van der Waals surface area (Å²) in [6.07, 6.45) is 1.74. The predicted molar refractivity (Wildman–Crippen MR) is 53.3 cm³/mol. The fraction of sp³-hybridized carbons (Fsp3) is 0.778. The van der Waals surface area contributed by atoms with E-state index in [9.17, 15) is 4.79 Å². The third-order valence-corrected chi connectivity index (χ3v) is 2.73. The third kappa shape index (κ3) is 2.10. The lowest BCUT2D eigenvalue weighted by Crippen LogP contribution is -2.44. The van der Waals surface area contributed by atoms with E-state index < -0.39 is 0 Å². The first-order chi connectivity index (χ1) is 7.20. The second kappa shape index (κ2) is 4.16. The van der Waals surface area contributed by atoms with Gasteiger partial charge < -0.3 is 15.6 Å². The van der Waals surface area contributed by atoms with Gasteiger partial charge in [-0.25, -0.2) is 4.79 Å². The Morgan fingerprint density at radius 1 is 1.60 bits per heavy atom. The van der Waals surface area contributed by atoms with E-state index >= 15 is 0 Å². The van der Waals surface area contributed by atoms with Crippen LogP contribution in [0.4, 0.5) is 4.79 Å². The Kier molecular flexibility index (Phi) is 2.88. The number of amidine groups is 1. The molecule has 0 aromatic carbocycles. The van der Waals surface area contributed by atoms with Crippen LogP contribution < -0.4 is 5.73 Å². The molecule has 0 aliphatic carbocycles. The summed E-state index contributed by atoms with van der Waals surface area (Å²) in [6.45, 7) is 0.556. The van der Waals surface area contributed by atoms with Crippen molar-refractivity contribution in [1.29, 1.82) is 0 Å². The number of carbonyl (C=O) groups is 1. The lowest BCUT2D eigenvalue weighted by Gasteiger charge is -2.29. The molecule has 0 saturated carbocycles. The second-order valence-corrected chi connectivity index (χ2v) is 3.80. The zero-order valence-corrected chi connectivity index (χ0v) is 8.43. The van der Waals surface area contributed by atoms with Gasteiger partial charge in [0.25, 0.3) is 0 Å². The highest BCUT2D eigenvalue weighted by atomic mass is 16.5. The Hall–Kier alpha value is -1.14. The molecule has 3 N–H and O–H groups in total. The first-order valence-electron chi connectivity index (χ1n) is 5.10. The van der Waals surface area contributed by atoms with Gasteiger partial charge in [-0.1, -0.05) is 0 Å². The maximum absolute atomic E-state index is 11.5. The SMILES string of the molecule is NC1=NC(=O)N(C2CC[C@@H](CO)O2)CC1. The van der Waals surface area contributed by atoms with Gasteiger partial charge in [0.15, 0.2) is 0 Å². The zero-order valence-electron chi connectivity index (χ0n) is 8.43.